The zero-order valence-electron chi connectivity index (χ0n) is 12.2. The van der Waals surface area contributed by atoms with E-state index in [0.29, 0.717) is 13.1 Å². The lowest BCUT2D eigenvalue weighted by Crippen LogP contribution is -2.49. The van der Waals surface area contributed by atoms with Crippen LogP contribution in [0.5, 0.6) is 0 Å². The van der Waals surface area contributed by atoms with E-state index in [1.165, 1.54) is 4.31 Å². The van der Waals surface area contributed by atoms with E-state index in [1.807, 2.05) is 25.9 Å². The van der Waals surface area contributed by atoms with Gasteiger partial charge < -0.3 is 10.0 Å². The Bertz CT molecular complexity index is 359. The summed E-state index contributed by atoms with van der Waals surface area (Å²) in [4.78, 5) is 2.04. The summed E-state index contributed by atoms with van der Waals surface area (Å²) >= 11 is 0. The first-order valence-corrected chi connectivity index (χ1v) is 8.32. The van der Waals surface area contributed by atoms with E-state index in [4.69, 9.17) is 5.11 Å². The van der Waals surface area contributed by atoms with Gasteiger partial charge in [-0.15, -0.1) is 0 Å². The summed E-state index contributed by atoms with van der Waals surface area (Å²) in [5.41, 5.74) is 0. The van der Waals surface area contributed by atoms with Gasteiger partial charge in [0.05, 0.1) is 0 Å². The number of nitrogens with zero attached hydrogens (tertiary/aromatic N) is 2. The Labute approximate surface area is 117 Å². The molecule has 114 valence electrons. The van der Waals surface area contributed by atoms with E-state index in [9.17, 15) is 8.42 Å². The third-order valence-electron chi connectivity index (χ3n) is 3.44. The summed E-state index contributed by atoms with van der Waals surface area (Å²) in [6.07, 6.45) is 2.50. The van der Waals surface area contributed by atoms with Crippen LogP contribution in [0.25, 0.3) is 0 Å². The van der Waals surface area contributed by atoms with Crippen LogP contribution in [0.1, 0.15) is 26.2 Å². The number of aliphatic hydroxyl groups excluding tert-OH is 1. The van der Waals surface area contributed by atoms with Crippen molar-refractivity contribution in [1.29, 1.82) is 0 Å². The van der Waals surface area contributed by atoms with Crippen LogP contribution in [0, 0.1) is 5.92 Å². The molecule has 1 saturated heterocycles. The molecule has 1 aliphatic heterocycles. The lowest BCUT2D eigenvalue weighted by molar-refractivity contribution is 0.164. The fourth-order valence-electron chi connectivity index (χ4n) is 2.23. The molecule has 0 aromatic rings. The van der Waals surface area contributed by atoms with E-state index in [2.05, 4.69) is 4.72 Å². The lowest BCUT2D eigenvalue weighted by Gasteiger charge is -2.32. The van der Waals surface area contributed by atoms with Crippen LogP contribution < -0.4 is 4.72 Å². The number of hydrogen-bond acceptors (Lipinski definition) is 4. The average Bonchev–Trinajstić information content (AvgIpc) is 2.36. The van der Waals surface area contributed by atoms with Gasteiger partial charge in [-0.3, -0.25) is 0 Å². The van der Waals surface area contributed by atoms with Gasteiger partial charge in [0.2, 0.25) is 0 Å². The zero-order valence-corrected chi connectivity index (χ0v) is 13.0. The third-order valence-corrected chi connectivity index (χ3v) is 5.15. The van der Waals surface area contributed by atoms with Gasteiger partial charge in [0.25, 0.3) is 10.2 Å². The maximum absolute atomic E-state index is 12.2. The van der Waals surface area contributed by atoms with Crippen LogP contribution >= 0.6 is 0 Å². The fourth-order valence-corrected chi connectivity index (χ4v) is 3.79. The normalized spacial score (nSPS) is 23.7. The summed E-state index contributed by atoms with van der Waals surface area (Å²) in [6.45, 7) is 3.76. The van der Waals surface area contributed by atoms with Crippen molar-refractivity contribution in [2.24, 2.45) is 5.92 Å². The molecule has 19 heavy (non-hydrogen) atoms. The molecule has 1 fully saturated rings. The van der Waals surface area contributed by atoms with Gasteiger partial charge in [-0.1, -0.05) is 0 Å². The van der Waals surface area contributed by atoms with Gasteiger partial charge >= 0.3 is 0 Å². The number of piperidine rings is 1. The maximum atomic E-state index is 12.2. The van der Waals surface area contributed by atoms with Crippen LogP contribution in [0.2, 0.25) is 0 Å². The highest BCUT2D eigenvalue weighted by atomic mass is 32.2. The molecule has 1 rings (SSSR count). The molecule has 0 bridgehead atoms. The van der Waals surface area contributed by atoms with Gasteiger partial charge in [-0.25, -0.2) is 0 Å². The van der Waals surface area contributed by atoms with Crippen LogP contribution in [-0.4, -0.2) is 69.1 Å². The molecule has 7 heteroatoms. The van der Waals surface area contributed by atoms with Crippen LogP contribution in [0.4, 0.5) is 0 Å². The van der Waals surface area contributed by atoms with Gasteiger partial charge in [-0.05, 0) is 52.7 Å². The second kappa shape index (κ2) is 7.54. The van der Waals surface area contributed by atoms with Crippen LogP contribution in [-0.2, 0) is 10.2 Å². The molecule has 0 amide bonds. The minimum absolute atomic E-state index is 0.0577. The summed E-state index contributed by atoms with van der Waals surface area (Å²) < 4.78 is 28.6. The molecule has 2 unspecified atom stereocenters. The highest BCUT2D eigenvalue weighted by molar-refractivity contribution is 7.87. The number of hydrogen-bond donors (Lipinski definition) is 2. The number of aliphatic hydroxyl groups is 1. The summed E-state index contributed by atoms with van der Waals surface area (Å²) in [5, 5.41) is 9.15. The second-order valence-corrected chi connectivity index (χ2v) is 7.37. The first-order valence-electron chi connectivity index (χ1n) is 6.88. The van der Waals surface area contributed by atoms with E-state index >= 15 is 0 Å². The molecular weight excluding hydrogens is 266 g/mol. The van der Waals surface area contributed by atoms with E-state index in [-0.39, 0.29) is 18.6 Å². The Morgan fingerprint density at radius 2 is 2.16 bits per heavy atom. The van der Waals surface area contributed by atoms with Crippen LogP contribution in [0.15, 0.2) is 0 Å². The fraction of sp³-hybridized carbons (Fsp3) is 1.00. The Morgan fingerprint density at radius 1 is 1.47 bits per heavy atom. The van der Waals surface area contributed by atoms with Gasteiger partial charge in [0.1, 0.15) is 0 Å². The highest BCUT2D eigenvalue weighted by Gasteiger charge is 2.29. The van der Waals surface area contributed by atoms with Crippen molar-refractivity contribution in [2.45, 2.75) is 32.2 Å². The van der Waals surface area contributed by atoms with Crippen molar-refractivity contribution < 1.29 is 13.5 Å². The largest absolute Gasteiger partial charge is 0.396 e. The van der Waals surface area contributed by atoms with Crippen molar-refractivity contribution in [2.75, 3.05) is 40.3 Å². The third kappa shape index (κ3) is 5.74. The second-order valence-electron chi connectivity index (χ2n) is 5.66. The smallest absolute Gasteiger partial charge is 0.279 e. The maximum Gasteiger partial charge on any atom is 0.279 e. The monoisotopic (exact) mass is 293 g/mol. The molecule has 6 nitrogen and oxygen atoms in total. The Morgan fingerprint density at radius 3 is 2.74 bits per heavy atom. The molecule has 0 spiro atoms. The topological polar surface area (TPSA) is 72.9 Å². The first-order chi connectivity index (χ1) is 8.85. The van der Waals surface area contributed by atoms with Gasteiger partial charge in [0.15, 0.2) is 0 Å². The van der Waals surface area contributed by atoms with E-state index < -0.39 is 10.2 Å². The van der Waals surface area contributed by atoms with Crippen molar-refractivity contribution in [1.82, 2.24) is 13.9 Å². The molecular formula is C12H27N3O3S. The van der Waals surface area contributed by atoms with E-state index in [0.717, 1.165) is 25.8 Å². The van der Waals surface area contributed by atoms with Crippen LogP contribution in [0.3, 0.4) is 0 Å². The number of nitrogens with one attached hydrogen (secondary N) is 1. The summed E-state index contributed by atoms with van der Waals surface area (Å²) in [6, 6.07) is -0.0816. The van der Waals surface area contributed by atoms with E-state index in [1.54, 1.807) is 0 Å². The molecule has 0 radical (unpaired) electrons. The summed E-state index contributed by atoms with van der Waals surface area (Å²) in [5.74, 6) is 0.0717. The molecule has 0 aromatic carbocycles. The standard InChI is InChI=1S/C12H27N3O3S/c1-11(6-8-14(2)3)13-19(17,18)15-7-4-5-12(9-15)10-16/h11-13,16H,4-10H2,1-3H3. The Balaban J connectivity index is 2.50. The summed E-state index contributed by atoms with van der Waals surface area (Å²) in [7, 11) is 0.520. The SMILES string of the molecule is CC(CCN(C)C)NS(=O)(=O)N1CCCC(CO)C1. The molecule has 1 aliphatic rings. The quantitative estimate of drug-likeness (QED) is 0.685. The van der Waals surface area contributed by atoms with Crippen molar-refractivity contribution in [3.8, 4) is 0 Å². The van der Waals surface area contributed by atoms with Crippen molar-refractivity contribution in [3.63, 3.8) is 0 Å². The predicted molar refractivity (Wildman–Crippen MR) is 76.1 cm³/mol. The average molecular weight is 293 g/mol. The van der Waals surface area contributed by atoms with Gasteiger partial charge in [-0.2, -0.15) is 17.4 Å². The lowest BCUT2D eigenvalue weighted by atomic mass is 10.0. The molecule has 0 saturated carbocycles. The Kier molecular flexibility index (Phi) is 6.68. The minimum Gasteiger partial charge on any atom is -0.396 e. The number of rotatable bonds is 7. The Hall–Kier alpha value is -0.210. The first kappa shape index (κ1) is 16.8. The molecule has 2 N–H and O–H groups in total. The van der Waals surface area contributed by atoms with Gasteiger partial charge in [0, 0.05) is 25.7 Å². The zero-order chi connectivity index (χ0) is 14.5. The molecule has 0 aliphatic carbocycles. The minimum atomic E-state index is -3.42. The predicted octanol–water partition coefficient (Wildman–Crippen LogP) is -0.135. The molecule has 2 atom stereocenters. The highest BCUT2D eigenvalue weighted by Crippen LogP contribution is 2.18. The van der Waals surface area contributed by atoms with Crippen molar-refractivity contribution >= 4 is 10.2 Å². The van der Waals surface area contributed by atoms with Crippen molar-refractivity contribution in [3.05, 3.63) is 0 Å². The molecule has 1 heterocycles. The molecule has 0 aromatic heterocycles.